The third-order valence-electron chi connectivity index (χ3n) is 2.83. The third kappa shape index (κ3) is 3.07. The van der Waals surface area contributed by atoms with E-state index < -0.39 is 0 Å². The van der Waals surface area contributed by atoms with Crippen molar-refractivity contribution in [3.63, 3.8) is 0 Å². The molecule has 0 spiro atoms. The number of aryl methyl sites for hydroxylation is 3. The Hall–Kier alpha value is -0.820. The Balaban J connectivity index is 3.03. The fourth-order valence-electron chi connectivity index (χ4n) is 2.40. The van der Waals surface area contributed by atoms with Gasteiger partial charge in [-0.3, -0.25) is 0 Å². The normalized spacial score (nSPS) is 13.3. The Kier molecular flexibility index (Phi) is 3.92. The molecule has 1 atom stereocenters. The fourth-order valence-corrected chi connectivity index (χ4v) is 2.40. The van der Waals surface area contributed by atoms with Crippen molar-refractivity contribution in [3.8, 4) is 0 Å². The van der Waals surface area contributed by atoms with Crippen LogP contribution >= 0.6 is 0 Å². The molecule has 0 aromatic heterocycles. The zero-order chi connectivity index (χ0) is 11.6. The van der Waals surface area contributed by atoms with Crippen molar-refractivity contribution in [2.45, 2.75) is 47.1 Å². The number of nitrogens with two attached hydrogens (primary N) is 1. The van der Waals surface area contributed by atoms with E-state index in [0.29, 0.717) is 5.92 Å². The van der Waals surface area contributed by atoms with E-state index in [0.717, 1.165) is 6.42 Å². The summed E-state index contributed by atoms with van der Waals surface area (Å²) in [4.78, 5) is 0. The fraction of sp³-hybridized carbons (Fsp3) is 0.571. The van der Waals surface area contributed by atoms with Gasteiger partial charge in [0.1, 0.15) is 0 Å². The Morgan fingerprint density at radius 2 is 1.53 bits per heavy atom. The topological polar surface area (TPSA) is 26.0 Å². The first-order chi connectivity index (χ1) is 6.91. The van der Waals surface area contributed by atoms with Gasteiger partial charge in [-0.15, -0.1) is 0 Å². The molecule has 0 aliphatic carbocycles. The van der Waals surface area contributed by atoms with Crippen LogP contribution in [0.25, 0.3) is 0 Å². The van der Waals surface area contributed by atoms with Gasteiger partial charge in [-0.05, 0) is 49.8 Å². The SMILES string of the molecule is Cc1cc(C)c([C@H](N)CC(C)C)c(C)c1. The standard InChI is InChI=1S/C14H23N/c1-9(2)6-13(15)14-11(4)7-10(3)8-12(14)5/h7-9,13H,6,15H2,1-5H3/t13-/m1/s1. The molecule has 0 heterocycles. The molecule has 1 nitrogen and oxygen atoms in total. The Morgan fingerprint density at radius 1 is 1.07 bits per heavy atom. The second-order valence-corrected chi connectivity index (χ2v) is 5.05. The summed E-state index contributed by atoms with van der Waals surface area (Å²) in [5.41, 5.74) is 11.6. The lowest BCUT2D eigenvalue weighted by Crippen LogP contribution is -2.15. The summed E-state index contributed by atoms with van der Waals surface area (Å²) in [6.07, 6.45) is 1.06. The van der Waals surface area contributed by atoms with Crippen LogP contribution in [0.2, 0.25) is 0 Å². The first kappa shape index (κ1) is 12.3. The van der Waals surface area contributed by atoms with E-state index in [2.05, 4.69) is 46.8 Å². The van der Waals surface area contributed by atoms with Crippen LogP contribution in [0.4, 0.5) is 0 Å². The molecule has 0 unspecified atom stereocenters. The number of benzene rings is 1. The summed E-state index contributed by atoms with van der Waals surface area (Å²) in [7, 11) is 0. The molecule has 0 fully saturated rings. The Labute approximate surface area is 93.7 Å². The van der Waals surface area contributed by atoms with Gasteiger partial charge in [0.15, 0.2) is 0 Å². The average Bonchev–Trinajstić information content (AvgIpc) is 1.99. The van der Waals surface area contributed by atoms with Crippen LogP contribution in [0.15, 0.2) is 12.1 Å². The molecule has 15 heavy (non-hydrogen) atoms. The molecule has 84 valence electrons. The lowest BCUT2D eigenvalue weighted by molar-refractivity contribution is 0.507. The van der Waals surface area contributed by atoms with Gasteiger partial charge >= 0.3 is 0 Å². The summed E-state index contributed by atoms with van der Waals surface area (Å²) in [5, 5.41) is 0. The molecule has 2 N–H and O–H groups in total. The van der Waals surface area contributed by atoms with Gasteiger partial charge in [-0.25, -0.2) is 0 Å². The highest BCUT2D eigenvalue weighted by atomic mass is 14.6. The largest absolute Gasteiger partial charge is 0.324 e. The zero-order valence-corrected chi connectivity index (χ0v) is 10.6. The summed E-state index contributed by atoms with van der Waals surface area (Å²) < 4.78 is 0. The first-order valence-corrected chi connectivity index (χ1v) is 5.75. The molecule has 1 aromatic rings. The van der Waals surface area contributed by atoms with E-state index >= 15 is 0 Å². The maximum Gasteiger partial charge on any atom is 0.0302 e. The van der Waals surface area contributed by atoms with Crippen LogP contribution in [0.3, 0.4) is 0 Å². The smallest absolute Gasteiger partial charge is 0.0302 e. The lowest BCUT2D eigenvalue weighted by Gasteiger charge is -2.20. The van der Waals surface area contributed by atoms with Gasteiger partial charge in [0.2, 0.25) is 0 Å². The summed E-state index contributed by atoms with van der Waals surface area (Å²) >= 11 is 0. The molecule has 1 aromatic carbocycles. The van der Waals surface area contributed by atoms with Crippen LogP contribution in [0, 0.1) is 26.7 Å². The predicted molar refractivity (Wildman–Crippen MR) is 67.0 cm³/mol. The molecule has 0 saturated heterocycles. The minimum atomic E-state index is 0.186. The molecule has 0 aliphatic heterocycles. The first-order valence-electron chi connectivity index (χ1n) is 5.75. The van der Waals surface area contributed by atoms with Gasteiger partial charge < -0.3 is 5.73 Å². The molecular formula is C14H23N. The second kappa shape index (κ2) is 4.80. The van der Waals surface area contributed by atoms with Gasteiger partial charge in [0.05, 0.1) is 0 Å². The van der Waals surface area contributed by atoms with E-state index in [1.165, 1.54) is 22.3 Å². The van der Waals surface area contributed by atoms with Gasteiger partial charge in [-0.2, -0.15) is 0 Å². The lowest BCUT2D eigenvalue weighted by atomic mass is 9.90. The van der Waals surface area contributed by atoms with Crippen molar-refractivity contribution in [2.75, 3.05) is 0 Å². The maximum atomic E-state index is 6.25. The van der Waals surface area contributed by atoms with E-state index in [9.17, 15) is 0 Å². The molecule has 0 radical (unpaired) electrons. The molecule has 0 aliphatic rings. The average molecular weight is 205 g/mol. The maximum absolute atomic E-state index is 6.25. The van der Waals surface area contributed by atoms with Crippen molar-refractivity contribution in [1.29, 1.82) is 0 Å². The van der Waals surface area contributed by atoms with Crippen LogP contribution in [0.1, 0.15) is 48.6 Å². The Morgan fingerprint density at radius 3 is 1.93 bits per heavy atom. The van der Waals surface area contributed by atoms with Gasteiger partial charge in [0.25, 0.3) is 0 Å². The van der Waals surface area contributed by atoms with Crippen LogP contribution in [-0.4, -0.2) is 0 Å². The highest BCUT2D eigenvalue weighted by Crippen LogP contribution is 2.26. The van der Waals surface area contributed by atoms with Crippen molar-refractivity contribution < 1.29 is 0 Å². The van der Waals surface area contributed by atoms with Crippen LogP contribution < -0.4 is 5.73 Å². The van der Waals surface area contributed by atoms with E-state index in [1.807, 2.05) is 0 Å². The van der Waals surface area contributed by atoms with E-state index in [1.54, 1.807) is 0 Å². The van der Waals surface area contributed by atoms with Crippen LogP contribution in [0.5, 0.6) is 0 Å². The van der Waals surface area contributed by atoms with Crippen LogP contribution in [-0.2, 0) is 0 Å². The Bertz CT molecular complexity index is 316. The van der Waals surface area contributed by atoms with Gasteiger partial charge in [-0.1, -0.05) is 31.5 Å². The molecule has 0 bridgehead atoms. The minimum absolute atomic E-state index is 0.186. The van der Waals surface area contributed by atoms with E-state index in [4.69, 9.17) is 5.73 Å². The summed E-state index contributed by atoms with van der Waals surface area (Å²) in [6.45, 7) is 10.9. The van der Waals surface area contributed by atoms with Crippen molar-refractivity contribution in [1.82, 2.24) is 0 Å². The van der Waals surface area contributed by atoms with Gasteiger partial charge in [0, 0.05) is 6.04 Å². The van der Waals surface area contributed by atoms with Crippen molar-refractivity contribution in [2.24, 2.45) is 11.7 Å². The number of rotatable bonds is 3. The van der Waals surface area contributed by atoms with Crippen molar-refractivity contribution in [3.05, 3.63) is 34.4 Å². The number of hydrogen-bond donors (Lipinski definition) is 1. The number of hydrogen-bond acceptors (Lipinski definition) is 1. The highest BCUT2D eigenvalue weighted by Gasteiger charge is 2.13. The predicted octanol–water partition coefficient (Wildman–Crippen LogP) is 3.66. The quantitative estimate of drug-likeness (QED) is 0.800. The van der Waals surface area contributed by atoms with Crippen molar-refractivity contribution >= 4 is 0 Å². The molecule has 1 rings (SSSR count). The molecule has 1 heteroatoms. The van der Waals surface area contributed by atoms with E-state index in [-0.39, 0.29) is 6.04 Å². The zero-order valence-electron chi connectivity index (χ0n) is 10.6. The minimum Gasteiger partial charge on any atom is -0.324 e. The highest BCUT2D eigenvalue weighted by molar-refractivity contribution is 5.39. The summed E-state index contributed by atoms with van der Waals surface area (Å²) in [5.74, 6) is 0.653. The monoisotopic (exact) mass is 205 g/mol. The second-order valence-electron chi connectivity index (χ2n) is 5.05. The third-order valence-corrected chi connectivity index (χ3v) is 2.83. The molecule has 0 amide bonds. The molecular weight excluding hydrogens is 182 g/mol. The molecule has 0 saturated carbocycles. The summed E-state index contributed by atoms with van der Waals surface area (Å²) in [6, 6.07) is 4.64.